The van der Waals surface area contributed by atoms with Gasteiger partial charge in [-0.1, -0.05) is 0 Å². The van der Waals surface area contributed by atoms with Gasteiger partial charge in [-0.3, -0.25) is 0 Å². The van der Waals surface area contributed by atoms with Gasteiger partial charge < -0.3 is 4.43 Å². The summed E-state index contributed by atoms with van der Waals surface area (Å²) in [5.74, 6) is 0. The van der Waals surface area contributed by atoms with Gasteiger partial charge in [-0.2, -0.15) is 0 Å². The summed E-state index contributed by atoms with van der Waals surface area (Å²) in [4.78, 5) is 1.37. The van der Waals surface area contributed by atoms with Crippen molar-refractivity contribution in [2.75, 3.05) is 0 Å². The molecule has 1 rings (SSSR count). The molecule has 0 aliphatic carbocycles. The molecule has 0 N–H and O–H groups in total. The van der Waals surface area contributed by atoms with Crippen LogP contribution in [0.5, 0.6) is 0 Å². The van der Waals surface area contributed by atoms with Gasteiger partial charge in [0.05, 0.1) is 6.61 Å². The normalized spacial score (nSPS) is 10.3. The number of aryl methyl sites for hydroxylation is 1. The molecule has 0 saturated heterocycles. The van der Waals surface area contributed by atoms with E-state index in [0.29, 0.717) is 0 Å². The maximum absolute atomic E-state index is 5.12. The number of hydrogen-bond acceptors (Lipinski definition) is 2. The van der Waals surface area contributed by atoms with Crippen LogP contribution < -0.4 is 0 Å². The molecule has 1 heterocycles. The van der Waals surface area contributed by atoms with E-state index in [1.54, 1.807) is 11.3 Å². The summed E-state index contributed by atoms with van der Waals surface area (Å²) < 4.78 is 5.12. The molecular weight excluding hydrogens is 148 g/mol. The minimum Gasteiger partial charge on any atom is -0.423 e. The van der Waals surface area contributed by atoms with Crippen molar-refractivity contribution >= 4 is 21.8 Å². The lowest BCUT2D eigenvalue weighted by atomic mass is 10.3. The van der Waals surface area contributed by atoms with Gasteiger partial charge in [0.2, 0.25) is 0 Å². The standard InChI is InChI=1S/C6H10OSSi/c1-5-2-3-8-6(5)4-7-9/h2-3H,4H2,1,9H3. The second-order valence-electron chi connectivity index (χ2n) is 1.96. The molecule has 3 heteroatoms. The van der Waals surface area contributed by atoms with Crippen molar-refractivity contribution in [2.45, 2.75) is 13.5 Å². The second kappa shape index (κ2) is 3.15. The van der Waals surface area contributed by atoms with Crippen LogP contribution >= 0.6 is 11.3 Å². The first-order chi connectivity index (χ1) is 4.34. The van der Waals surface area contributed by atoms with Crippen molar-refractivity contribution in [1.29, 1.82) is 0 Å². The number of thiophene rings is 1. The van der Waals surface area contributed by atoms with Crippen molar-refractivity contribution in [2.24, 2.45) is 0 Å². The third-order valence-corrected chi connectivity index (χ3v) is 2.53. The van der Waals surface area contributed by atoms with Gasteiger partial charge in [0.15, 0.2) is 0 Å². The summed E-state index contributed by atoms with van der Waals surface area (Å²) in [6.07, 6.45) is 0. The monoisotopic (exact) mass is 158 g/mol. The summed E-state index contributed by atoms with van der Waals surface area (Å²) in [6.45, 7) is 2.93. The fourth-order valence-electron chi connectivity index (χ4n) is 0.683. The van der Waals surface area contributed by atoms with Gasteiger partial charge in [-0.25, -0.2) is 0 Å². The molecule has 9 heavy (non-hydrogen) atoms. The third-order valence-electron chi connectivity index (χ3n) is 1.24. The molecule has 0 atom stereocenters. The third kappa shape index (κ3) is 1.64. The average Bonchev–Trinajstić information content (AvgIpc) is 2.18. The van der Waals surface area contributed by atoms with Crippen molar-refractivity contribution < 1.29 is 4.43 Å². The molecule has 1 nitrogen and oxygen atoms in total. The van der Waals surface area contributed by atoms with E-state index in [1.807, 2.05) is 0 Å². The van der Waals surface area contributed by atoms with Crippen LogP contribution in [0.1, 0.15) is 10.4 Å². The van der Waals surface area contributed by atoms with E-state index < -0.39 is 0 Å². The minimum atomic E-state index is 0.815. The maximum atomic E-state index is 5.12. The van der Waals surface area contributed by atoms with Crippen LogP contribution in [0.25, 0.3) is 0 Å². The number of rotatable bonds is 2. The zero-order valence-corrected chi connectivity index (χ0v) is 8.49. The summed E-state index contributed by atoms with van der Waals surface area (Å²) in [7, 11) is 0.840. The minimum absolute atomic E-state index is 0.815. The van der Waals surface area contributed by atoms with Crippen LogP contribution in [0.4, 0.5) is 0 Å². The summed E-state index contributed by atoms with van der Waals surface area (Å²) in [5.41, 5.74) is 1.36. The lowest BCUT2D eigenvalue weighted by molar-refractivity contribution is 0.342. The van der Waals surface area contributed by atoms with Crippen LogP contribution in [0.3, 0.4) is 0 Å². The first-order valence-electron chi connectivity index (χ1n) is 2.86. The average molecular weight is 158 g/mol. The van der Waals surface area contributed by atoms with E-state index in [0.717, 1.165) is 17.1 Å². The molecule has 0 aliphatic rings. The molecule has 0 unspecified atom stereocenters. The van der Waals surface area contributed by atoms with Gasteiger partial charge in [0, 0.05) is 4.88 Å². The highest BCUT2D eigenvalue weighted by Gasteiger charge is 1.95. The molecule has 0 radical (unpaired) electrons. The largest absolute Gasteiger partial charge is 0.423 e. The highest BCUT2D eigenvalue weighted by molar-refractivity contribution is 7.10. The Morgan fingerprint density at radius 2 is 2.56 bits per heavy atom. The van der Waals surface area contributed by atoms with E-state index in [2.05, 4.69) is 18.4 Å². The van der Waals surface area contributed by atoms with Crippen LogP contribution in [0, 0.1) is 6.92 Å². The zero-order chi connectivity index (χ0) is 6.69. The summed E-state index contributed by atoms with van der Waals surface area (Å²) in [5, 5.41) is 2.10. The fraction of sp³-hybridized carbons (Fsp3) is 0.333. The maximum Gasteiger partial charge on any atom is 0.146 e. The van der Waals surface area contributed by atoms with Gasteiger partial charge >= 0.3 is 0 Å². The smallest absolute Gasteiger partial charge is 0.146 e. The first kappa shape index (κ1) is 6.99. The molecule has 0 spiro atoms. The Hall–Kier alpha value is -0.123. The molecule has 0 aliphatic heterocycles. The predicted octanol–water partition coefficient (Wildman–Crippen LogP) is 0.854. The van der Waals surface area contributed by atoms with E-state index in [1.165, 1.54) is 10.4 Å². The summed E-state index contributed by atoms with van der Waals surface area (Å²) >= 11 is 1.77. The lowest BCUT2D eigenvalue weighted by Gasteiger charge is -1.94. The Labute approximate surface area is 62.2 Å². The van der Waals surface area contributed by atoms with Crippen LogP contribution in [0.2, 0.25) is 0 Å². The number of hydrogen-bond donors (Lipinski definition) is 0. The SMILES string of the molecule is Cc1ccsc1CO[SiH3]. The molecular formula is C6H10OSSi. The van der Waals surface area contributed by atoms with Crippen LogP contribution in [0.15, 0.2) is 11.4 Å². The van der Waals surface area contributed by atoms with E-state index in [4.69, 9.17) is 4.43 Å². The topological polar surface area (TPSA) is 9.23 Å². The van der Waals surface area contributed by atoms with Crippen LogP contribution in [-0.4, -0.2) is 10.5 Å². The van der Waals surface area contributed by atoms with E-state index >= 15 is 0 Å². The van der Waals surface area contributed by atoms with E-state index in [-0.39, 0.29) is 0 Å². The summed E-state index contributed by atoms with van der Waals surface area (Å²) in [6, 6.07) is 2.13. The molecule has 0 amide bonds. The Kier molecular flexibility index (Phi) is 2.45. The van der Waals surface area contributed by atoms with Crippen molar-refractivity contribution in [3.05, 3.63) is 21.9 Å². The quantitative estimate of drug-likeness (QED) is 0.580. The molecule has 0 bridgehead atoms. The molecule has 0 aromatic carbocycles. The predicted molar refractivity (Wildman–Crippen MR) is 43.8 cm³/mol. The highest BCUT2D eigenvalue weighted by Crippen LogP contribution is 2.15. The molecule has 50 valence electrons. The Morgan fingerprint density at radius 3 is 3.00 bits per heavy atom. The highest BCUT2D eigenvalue weighted by atomic mass is 32.1. The van der Waals surface area contributed by atoms with Gasteiger partial charge in [-0.15, -0.1) is 11.3 Å². The Bertz CT molecular complexity index is 185. The van der Waals surface area contributed by atoms with Gasteiger partial charge in [-0.05, 0) is 23.9 Å². The first-order valence-corrected chi connectivity index (χ1v) is 4.56. The van der Waals surface area contributed by atoms with Crippen molar-refractivity contribution in [1.82, 2.24) is 0 Å². The van der Waals surface area contributed by atoms with Crippen molar-refractivity contribution in [3.63, 3.8) is 0 Å². The lowest BCUT2D eigenvalue weighted by Crippen LogP contribution is -1.85. The van der Waals surface area contributed by atoms with Crippen LogP contribution in [-0.2, 0) is 11.0 Å². The van der Waals surface area contributed by atoms with E-state index in [9.17, 15) is 0 Å². The Balaban J connectivity index is 2.69. The molecule has 1 aromatic heterocycles. The van der Waals surface area contributed by atoms with Crippen molar-refractivity contribution in [3.8, 4) is 0 Å². The van der Waals surface area contributed by atoms with Gasteiger partial charge in [0.25, 0.3) is 0 Å². The zero-order valence-electron chi connectivity index (χ0n) is 5.68. The molecule has 0 fully saturated rings. The van der Waals surface area contributed by atoms with Gasteiger partial charge in [0.1, 0.15) is 10.5 Å². The molecule has 0 saturated carbocycles. The molecule has 1 aromatic rings. The second-order valence-corrected chi connectivity index (χ2v) is 3.54. The Morgan fingerprint density at radius 1 is 1.78 bits per heavy atom. The fourth-order valence-corrected chi connectivity index (χ4v) is 2.06.